The molecular formula is C10H22BNO. The number of aliphatic hydroxyl groups is 1. The van der Waals surface area contributed by atoms with Gasteiger partial charge in [0.15, 0.2) is 7.98 Å². The molecule has 0 fully saturated rings. The van der Waals surface area contributed by atoms with Crippen molar-refractivity contribution in [3.63, 3.8) is 0 Å². The Morgan fingerprint density at radius 2 is 1.23 bits per heavy atom. The summed E-state index contributed by atoms with van der Waals surface area (Å²) in [5.74, 6) is 0. The first-order valence-corrected chi connectivity index (χ1v) is 5.46. The van der Waals surface area contributed by atoms with Gasteiger partial charge in [-0.15, -0.1) is 0 Å². The predicted molar refractivity (Wildman–Crippen MR) is 57.8 cm³/mol. The quantitative estimate of drug-likeness (QED) is 0.399. The molecule has 2 radical (unpaired) electrons. The summed E-state index contributed by atoms with van der Waals surface area (Å²) in [6, 6.07) is 0. The van der Waals surface area contributed by atoms with E-state index in [1.165, 1.54) is 44.9 Å². The standard InChI is InChI=1S/C10H22BNO/c11-12-9-7-5-3-1-2-4-6-8-10-13/h12-13H,1-10H2. The van der Waals surface area contributed by atoms with Gasteiger partial charge in [0.2, 0.25) is 0 Å². The fourth-order valence-corrected chi connectivity index (χ4v) is 1.40. The molecule has 0 aliphatic rings. The second-order valence-electron chi connectivity index (χ2n) is 3.51. The van der Waals surface area contributed by atoms with Crippen LogP contribution in [0.25, 0.3) is 0 Å². The van der Waals surface area contributed by atoms with Gasteiger partial charge >= 0.3 is 0 Å². The van der Waals surface area contributed by atoms with Crippen molar-refractivity contribution < 1.29 is 5.11 Å². The van der Waals surface area contributed by atoms with Crippen LogP contribution < -0.4 is 5.23 Å². The molecule has 3 heteroatoms. The van der Waals surface area contributed by atoms with E-state index in [1.807, 2.05) is 0 Å². The van der Waals surface area contributed by atoms with Crippen LogP contribution >= 0.6 is 0 Å². The number of hydrogen-bond acceptors (Lipinski definition) is 2. The first-order valence-electron chi connectivity index (χ1n) is 5.46. The fourth-order valence-electron chi connectivity index (χ4n) is 1.40. The Balaban J connectivity index is 2.76. The molecule has 0 aromatic heterocycles. The van der Waals surface area contributed by atoms with Crippen molar-refractivity contribution in [2.24, 2.45) is 0 Å². The normalized spacial score (nSPS) is 10.5. The summed E-state index contributed by atoms with van der Waals surface area (Å²) in [7, 11) is 5.15. The topological polar surface area (TPSA) is 32.3 Å². The molecule has 0 unspecified atom stereocenters. The van der Waals surface area contributed by atoms with Crippen molar-refractivity contribution in [2.75, 3.05) is 13.2 Å². The minimum atomic E-state index is 0.349. The molecule has 0 aromatic carbocycles. The highest BCUT2D eigenvalue weighted by molar-refractivity contribution is 6.04. The van der Waals surface area contributed by atoms with Crippen LogP contribution in [0.3, 0.4) is 0 Å². The SMILES string of the molecule is [B]NCCCCCCCCCCO. The van der Waals surface area contributed by atoms with Gasteiger partial charge in [0.05, 0.1) is 0 Å². The largest absolute Gasteiger partial charge is 0.396 e. The van der Waals surface area contributed by atoms with E-state index in [-0.39, 0.29) is 0 Å². The zero-order valence-corrected chi connectivity index (χ0v) is 8.60. The zero-order chi connectivity index (χ0) is 9.78. The Morgan fingerprint density at radius 3 is 1.69 bits per heavy atom. The first kappa shape index (κ1) is 13.0. The Labute approximate surface area is 83.5 Å². The lowest BCUT2D eigenvalue weighted by Gasteiger charge is -2.01. The Hall–Kier alpha value is -0.0151. The maximum atomic E-state index is 8.55. The molecule has 13 heavy (non-hydrogen) atoms. The molecule has 0 heterocycles. The summed E-state index contributed by atoms with van der Waals surface area (Å²) < 4.78 is 0. The van der Waals surface area contributed by atoms with Crippen LogP contribution in [0.4, 0.5) is 0 Å². The molecule has 0 aliphatic heterocycles. The average molecular weight is 183 g/mol. The summed E-state index contributed by atoms with van der Waals surface area (Å²) in [5, 5.41) is 11.2. The lowest BCUT2D eigenvalue weighted by molar-refractivity contribution is 0.282. The van der Waals surface area contributed by atoms with Crippen molar-refractivity contribution in [1.29, 1.82) is 0 Å². The van der Waals surface area contributed by atoms with Gasteiger partial charge in [-0.1, -0.05) is 38.5 Å². The highest BCUT2D eigenvalue weighted by atomic mass is 16.2. The van der Waals surface area contributed by atoms with Gasteiger partial charge in [0.1, 0.15) is 0 Å². The van der Waals surface area contributed by atoms with E-state index in [1.54, 1.807) is 0 Å². The van der Waals surface area contributed by atoms with Crippen LogP contribution in [0.2, 0.25) is 0 Å². The molecule has 0 amide bonds. The molecule has 0 spiro atoms. The van der Waals surface area contributed by atoms with Crippen LogP contribution in [0.5, 0.6) is 0 Å². The molecule has 0 bridgehead atoms. The lowest BCUT2D eigenvalue weighted by atomic mass is 10.1. The first-order chi connectivity index (χ1) is 6.41. The second kappa shape index (κ2) is 12.0. The molecular weight excluding hydrogens is 161 g/mol. The van der Waals surface area contributed by atoms with Crippen LogP contribution in [-0.4, -0.2) is 26.2 Å². The van der Waals surface area contributed by atoms with Gasteiger partial charge in [0.25, 0.3) is 0 Å². The van der Waals surface area contributed by atoms with E-state index >= 15 is 0 Å². The molecule has 0 aromatic rings. The molecule has 0 saturated heterocycles. The molecule has 0 atom stereocenters. The number of hydrogen-bond donors (Lipinski definition) is 2. The molecule has 0 saturated carbocycles. The summed E-state index contributed by atoms with van der Waals surface area (Å²) in [6.45, 7) is 1.28. The zero-order valence-electron chi connectivity index (χ0n) is 8.60. The predicted octanol–water partition coefficient (Wildman–Crippen LogP) is 1.77. The number of nitrogens with one attached hydrogen (secondary N) is 1. The number of aliphatic hydroxyl groups excluding tert-OH is 1. The molecule has 0 rings (SSSR count). The Bertz CT molecular complexity index is 81.0. The fraction of sp³-hybridized carbons (Fsp3) is 1.00. The van der Waals surface area contributed by atoms with E-state index in [0.29, 0.717) is 6.61 Å². The lowest BCUT2D eigenvalue weighted by Crippen LogP contribution is -2.09. The Morgan fingerprint density at radius 1 is 0.769 bits per heavy atom. The van der Waals surface area contributed by atoms with Crippen LogP contribution in [-0.2, 0) is 0 Å². The van der Waals surface area contributed by atoms with Gasteiger partial charge in [-0.2, -0.15) is 0 Å². The van der Waals surface area contributed by atoms with Gasteiger partial charge in [-0.05, 0) is 19.4 Å². The average Bonchev–Trinajstić information content (AvgIpc) is 2.16. The second-order valence-corrected chi connectivity index (χ2v) is 3.51. The van der Waals surface area contributed by atoms with Crippen molar-refractivity contribution >= 4 is 7.98 Å². The third-order valence-electron chi connectivity index (χ3n) is 2.23. The molecule has 2 nitrogen and oxygen atoms in total. The summed E-state index contributed by atoms with van der Waals surface area (Å²) >= 11 is 0. The number of unbranched alkanes of at least 4 members (excludes halogenated alkanes) is 7. The van der Waals surface area contributed by atoms with Crippen molar-refractivity contribution in [3.8, 4) is 0 Å². The van der Waals surface area contributed by atoms with Crippen LogP contribution in [0, 0.1) is 0 Å². The summed E-state index contributed by atoms with van der Waals surface area (Å²) in [5.41, 5.74) is 0. The molecule has 2 N–H and O–H groups in total. The van der Waals surface area contributed by atoms with Crippen LogP contribution in [0.1, 0.15) is 51.4 Å². The summed E-state index contributed by atoms with van der Waals surface area (Å²) in [4.78, 5) is 0. The van der Waals surface area contributed by atoms with Gasteiger partial charge in [0, 0.05) is 6.61 Å². The van der Waals surface area contributed by atoms with Gasteiger partial charge < -0.3 is 10.3 Å². The van der Waals surface area contributed by atoms with E-state index in [9.17, 15) is 0 Å². The van der Waals surface area contributed by atoms with Gasteiger partial charge in [-0.3, -0.25) is 0 Å². The maximum Gasteiger partial charge on any atom is 0.177 e. The summed E-state index contributed by atoms with van der Waals surface area (Å²) in [6.07, 6.45) is 9.86. The number of rotatable bonds is 10. The molecule has 0 aliphatic carbocycles. The smallest absolute Gasteiger partial charge is 0.177 e. The molecule has 76 valence electrons. The van der Waals surface area contributed by atoms with E-state index in [0.717, 1.165) is 13.0 Å². The van der Waals surface area contributed by atoms with Crippen molar-refractivity contribution in [3.05, 3.63) is 0 Å². The third-order valence-corrected chi connectivity index (χ3v) is 2.23. The van der Waals surface area contributed by atoms with Crippen molar-refractivity contribution in [1.82, 2.24) is 5.23 Å². The highest BCUT2D eigenvalue weighted by Gasteiger charge is 1.90. The van der Waals surface area contributed by atoms with E-state index in [2.05, 4.69) is 5.23 Å². The van der Waals surface area contributed by atoms with E-state index in [4.69, 9.17) is 13.1 Å². The van der Waals surface area contributed by atoms with Crippen LogP contribution in [0.15, 0.2) is 0 Å². The maximum absolute atomic E-state index is 8.55. The monoisotopic (exact) mass is 183 g/mol. The highest BCUT2D eigenvalue weighted by Crippen LogP contribution is 2.07. The van der Waals surface area contributed by atoms with E-state index < -0.39 is 0 Å². The van der Waals surface area contributed by atoms with Gasteiger partial charge in [-0.25, -0.2) is 0 Å². The minimum absolute atomic E-state index is 0.349. The minimum Gasteiger partial charge on any atom is -0.396 e. The Kier molecular flexibility index (Phi) is 12.0. The third kappa shape index (κ3) is 12.0. The van der Waals surface area contributed by atoms with Crippen molar-refractivity contribution in [2.45, 2.75) is 51.4 Å².